The average molecular weight is 470 g/mol. The van der Waals surface area contributed by atoms with Crippen molar-refractivity contribution < 1.29 is 32.7 Å². The number of aliphatic hydroxyl groups excluding tert-OH is 1. The smallest absolute Gasteiger partial charge is 0.248 e. The Morgan fingerprint density at radius 1 is 1.24 bits per heavy atom. The van der Waals surface area contributed by atoms with Crippen LogP contribution < -0.4 is 16.4 Å². The molecule has 0 spiro atoms. The van der Waals surface area contributed by atoms with Gasteiger partial charge in [0.05, 0.1) is 6.42 Å². The summed E-state index contributed by atoms with van der Waals surface area (Å²) in [6.07, 6.45) is -0.838. The van der Waals surface area contributed by atoms with Crippen molar-refractivity contribution in [3.63, 3.8) is 0 Å². The molecular formula is C23H30F3N3O4. The number of amides is 3. The Balaban J connectivity index is 2.20. The number of halogens is 3. The lowest BCUT2D eigenvalue weighted by Gasteiger charge is -2.33. The Morgan fingerprint density at radius 3 is 2.36 bits per heavy atom. The Kier molecular flexibility index (Phi) is 8.16. The van der Waals surface area contributed by atoms with Gasteiger partial charge in [-0.2, -0.15) is 0 Å². The molecule has 1 unspecified atom stereocenters. The van der Waals surface area contributed by atoms with Crippen molar-refractivity contribution in [1.29, 1.82) is 0 Å². The molecule has 10 heteroatoms. The van der Waals surface area contributed by atoms with E-state index in [1.165, 1.54) is 6.07 Å². The van der Waals surface area contributed by atoms with E-state index in [1.54, 1.807) is 6.07 Å². The minimum atomic E-state index is -2.84. The second-order valence-electron chi connectivity index (χ2n) is 9.39. The van der Waals surface area contributed by atoms with Gasteiger partial charge in [0.15, 0.2) is 0 Å². The van der Waals surface area contributed by atoms with Gasteiger partial charge in [0.25, 0.3) is 0 Å². The number of hydrogen-bond donors (Lipinski definition) is 4. The summed E-state index contributed by atoms with van der Waals surface area (Å²) < 4.78 is 41.7. The van der Waals surface area contributed by atoms with Gasteiger partial charge < -0.3 is 21.5 Å². The molecule has 1 aromatic carbocycles. The highest BCUT2D eigenvalue weighted by Gasteiger charge is 2.40. The molecule has 1 atom stereocenters. The van der Waals surface area contributed by atoms with Crippen molar-refractivity contribution in [2.45, 2.75) is 70.3 Å². The van der Waals surface area contributed by atoms with Crippen LogP contribution in [0.3, 0.4) is 0 Å². The van der Waals surface area contributed by atoms with Crippen LogP contribution in [0.25, 0.3) is 0 Å². The lowest BCUT2D eigenvalue weighted by Crippen LogP contribution is -2.50. The highest BCUT2D eigenvalue weighted by atomic mass is 19.3. The highest BCUT2D eigenvalue weighted by molar-refractivity contribution is 5.97. The molecule has 33 heavy (non-hydrogen) atoms. The number of anilines is 1. The minimum absolute atomic E-state index is 0.00814. The second kappa shape index (κ2) is 10.3. The van der Waals surface area contributed by atoms with Gasteiger partial charge in [-0.25, -0.2) is 13.2 Å². The summed E-state index contributed by atoms with van der Waals surface area (Å²) in [6, 6.07) is 3.04. The third-order valence-electron chi connectivity index (χ3n) is 5.53. The van der Waals surface area contributed by atoms with Gasteiger partial charge in [0, 0.05) is 24.6 Å². The molecule has 0 radical (unpaired) electrons. The van der Waals surface area contributed by atoms with E-state index in [2.05, 4.69) is 10.6 Å². The third-order valence-corrected chi connectivity index (χ3v) is 5.53. The number of alkyl halides is 2. The third kappa shape index (κ3) is 7.80. The maximum atomic E-state index is 14.5. The average Bonchev–Trinajstić information content (AvgIpc) is 2.64. The first-order valence-corrected chi connectivity index (χ1v) is 10.6. The number of carbonyl (C=O) groups is 3. The van der Waals surface area contributed by atoms with Crippen LogP contribution in [0.1, 0.15) is 58.4 Å². The number of rotatable bonds is 7. The maximum Gasteiger partial charge on any atom is 0.248 e. The summed E-state index contributed by atoms with van der Waals surface area (Å²) in [5.74, 6) is -6.99. The molecule has 3 amide bonds. The molecule has 0 aliphatic heterocycles. The van der Waals surface area contributed by atoms with Gasteiger partial charge in [-0.3, -0.25) is 14.4 Å². The van der Waals surface area contributed by atoms with Crippen molar-refractivity contribution in [3.8, 4) is 0 Å². The monoisotopic (exact) mass is 469 g/mol. The van der Waals surface area contributed by atoms with Crippen molar-refractivity contribution in [3.05, 3.63) is 41.4 Å². The first kappa shape index (κ1) is 26.2. The molecule has 0 saturated heterocycles. The molecule has 1 aliphatic rings. The number of hydrogen-bond acceptors (Lipinski definition) is 4. The van der Waals surface area contributed by atoms with Crippen molar-refractivity contribution in [1.82, 2.24) is 5.32 Å². The molecule has 7 nitrogen and oxygen atoms in total. The van der Waals surface area contributed by atoms with E-state index in [4.69, 9.17) is 5.73 Å². The number of nitrogens with one attached hydrogen (secondary N) is 2. The molecular weight excluding hydrogens is 439 g/mol. The van der Waals surface area contributed by atoms with Gasteiger partial charge in [-0.15, -0.1) is 0 Å². The van der Waals surface area contributed by atoms with Gasteiger partial charge >= 0.3 is 0 Å². The molecule has 1 saturated carbocycles. The molecule has 1 aliphatic carbocycles. The van der Waals surface area contributed by atoms with Crippen LogP contribution in [0.4, 0.5) is 18.9 Å². The van der Waals surface area contributed by atoms with E-state index in [9.17, 15) is 32.7 Å². The summed E-state index contributed by atoms with van der Waals surface area (Å²) >= 11 is 0. The quantitative estimate of drug-likeness (QED) is 0.359. The zero-order valence-corrected chi connectivity index (χ0v) is 18.9. The number of carbonyl (C=O) groups excluding carboxylic acids is 3. The predicted molar refractivity (Wildman–Crippen MR) is 117 cm³/mol. The fourth-order valence-electron chi connectivity index (χ4n) is 3.82. The Hall–Kier alpha value is -3.04. The second-order valence-corrected chi connectivity index (χ2v) is 9.39. The molecule has 1 fully saturated rings. The first-order valence-electron chi connectivity index (χ1n) is 10.6. The van der Waals surface area contributed by atoms with Gasteiger partial charge in [0.2, 0.25) is 23.6 Å². The number of benzene rings is 1. The normalized spacial score (nSPS) is 17.8. The minimum Gasteiger partial charge on any atom is -0.512 e. The van der Waals surface area contributed by atoms with Crippen molar-refractivity contribution in [2.24, 2.45) is 11.7 Å². The van der Waals surface area contributed by atoms with Gasteiger partial charge in [0.1, 0.15) is 17.6 Å². The van der Waals surface area contributed by atoms with Crippen LogP contribution in [0.2, 0.25) is 0 Å². The van der Waals surface area contributed by atoms with E-state index in [1.807, 2.05) is 20.8 Å². The predicted octanol–water partition coefficient (Wildman–Crippen LogP) is 3.69. The fourth-order valence-corrected chi connectivity index (χ4v) is 3.82. The zero-order valence-electron chi connectivity index (χ0n) is 18.9. The topological polar surface area (TPSA) is 122 Å². The molecule has 2 rings (SSSR count). The van der Waals surface area contributed by atoms with Crippen LogP contribution in [-0.2, 0) is 19.8 Å². The number of primary amides is 1. The summed E-state index contributed by atoms with van der Waals surface area (Å²) in [4.78, 5) is 36.1. The van der Waals surface area contributed by atoms with E-state index >= 15 is 0 Å². The molecule has 1 aromatic rings. The van der Waals surface area contributed by atoms with Gasteiger partial charge in [-0.05, 0) is 41.9 Å². The van der Waals surface area contributed by atoms with E-state index in [0.29, 0.717) is 11.6 Å². The number of nitrogens with two attached hydrogens (primary N) is 1. The molecule has 0 bridgehead atoms. The summed E-state index contributed by atoms with van der Waals surface area (Å²) in [7, 11) is 0. The Bertz CT molecular complexity index is 931. The molecule has 5 N–H and O–H groups in total. The lowest BCUT2D eigenvalue weighted by molar-refractivity contribution is -0.129. The lowest BCUT2D eigenvalue weighted by atomic mass is 9.81. The standard InChI is InChI=1S/C23H30F3N3O4/c1-22(2,3)16-5-4-14(10-17(16)24)28-21(33)20(13-6-8-23(25,26)9-7-13)29-19(32)12-15(30)11-18(27)31/h4-5,10-11,13,20,30H,6-9,12H2,1-3H3,(H2,27,31)(H,28,33)(H,29,32)/b15-11-. The summed E-state index contributed by atoms with van der Waals surface area (Å²) in [5.41, 5.74) is 5.09. The van der Waals surface area contributed by atoms with E-state index in [-0.39, 0.29) is 18.5 Å². The van der Waals surface area contributed by atoms with Crippen LogP contribution >= 0.6 is 0 Å². The largest absolute Gasteiger partial charge is 0.512 e. The summed E-state index contributed by atoms with van der Waals surface area (Å²) in [5, 5.41) is 14.6. The zero-order chi connectivity index (χ0) is 25.0. The van der Waals surface area contributed by atoms with Crippen LogP contribution in [0.5, 0.6) is 0 Å². The van der Waals surface area contributed by atoms with Crippen molar-refractivity contribution in [2.75, 3.05) is 5.32 Å². The van der Waals surface area contributed by atoms with E-state index < -0.39 is 71.9 Å². The van der Waals surface area contributed by atoms with Crippen LogP contribution in [0, 0.1) is 11.7 Å². The highest BCUT2D eigenvalue weighted by Crippen LogP contribution is 2.38. The first-order chi connectivity index (χ1) is 15.2. The SMILES string of the molecule is CC(C)(C)c1ccc(NC(=O)C(NC(=O)C/C(O)=C/C(N)=O)C2CCC(F)(F)CC2)cc1F. The Morgan fingerprint density at radius 2 is 1.85 bits per heavy atom. The van der Waals surface area contributed by atoms with Crippen molar-refractivity contribution >= 4 is 23.4 Å². The van der Waals surface area contributed by atoms with Crippen LogP contribution in [0.15, 0.2) is 30.0 Å². The summed E-state index contributed by atoms with van der Waals surface area (Å²) in [6.45, 7) is 5.53. The maximum absolute atomic E-state index is 14.5. The fraction of sp³-hybridized carbons (Fsp3) is 0.522. The molecule has 0 heterocycles. The van der Waals surface area contributed by atoms with Gasteiger partial charge in [-0.1, -0.05) is 26.8 Å². The molecule has 0 aromatic heterocycles. The molecule has 182 valence electrons. The Labute approximate surface area is 190 Å². The van der Waals surface area contributed by atoms with E-state index in [0.717, 1.165) is 6.07 Å². The van der Waals surface area contributed by atoms with Crippen LogP contribution in [-0.4, -0.2) is 34.8 Å². The number of aliphatic hydroxyl groups is 1.